The van der Waals surface area contributed by atoms with Crippen LogP contribution in [0.1, 0.15) is 0 Å². The van der Waals surface area contributed by atoms with Crippen molar-refractivity contribution in [1.82, 2.24) is 0 Å². The molecule has 0 radical (unpaired) electrons. The maximum atomic E-state index is 13.4. The summed E-state index contributed by atoms with van der Waals surface area (Å²) in [5.41, 5.74) is 11.8. The summed E-state index contributed by atoms with van der Waals surface area (Å²) in [7, 11) is 0. The largest absolute Gasteiger partial charge is 0.396 e. The molecule has 0 saturated heterocycles. The molecule has 0 aliphatic carbocycles. The maximum Gasteiger partial charge on any atom is 0.169 e. The summed E-state index contributed by atoms with van der Waals surface area (Å²) < 4.78 is 26.4. The fourth-order valence-corrected chi connectivity index (χ4v) is 1.52. The molecule has 0 aliphatic rings. The minimum Gasteiger partial charge on any atom is -0.396 e. The van der Waals surface area contributed by atoms with Gasteiger partial charge in [-0.15, -0.1) is 0 Å². The fourth-order valence-electron chi connectivity index (χ4n) is 1.52. The number of hydrogen-bond donors (Lipinski definition) is 2. The van der Waals surface area contributed by atoms with Gasteiger partial charge < -0.3 is 11.5 Å². The maximum absolute atomic E-state index is 13.4. The van der Waals surface area contributed by atoms with Crippen molar-refractivity contribution in [1.29, 1.82) is 0 Å². The lowest BCUT2D eigenvalue weighted by atomic mass is 10.0. The zero-order valence-corrected chi connectivity index (χ0v) is 8.37. The molecule has 0 amide bonds. The van der Waals surface area contributed by atoms with E-state index >= 15 is 0 Å². The van der Waals surface area contributed by atoms with Gasteiger partial charge in [-0.05, 0) is 23.8 Å². The third kappa shape index (κ3) is 1.69. The van der Waals surface area contributed by atoms with Gasteiger partial charge in [-0.25, -0.2) is 8.78 Å². The van der Waals surface area contributed by atoms with Gasteiger partial charge in [-0.2, -0.15) is 0 Å². The van der Waals surface area contributed by atoms with Gasteiger partial charge in [0.2, 0.25) is 0 Å². The van der Waals surface area contributed by atoms with Gasteiger partial charge in [0.1, 0.15) is 5.82 Å². The Bertz CT molecular complexity index is 539. The third-order valence-corrected chi connectivity index (χ3v) is 2.35. The van der Waals surface area contributed by atoms with Crippen molar-refractivity contribution >= 4 is 11.4 Å². The van der Waals surface area contributed by atoms with E-state index in [1.165, 1.54) is 18.2 Å². The third-order valence-electron chi connectivity index (χ3n) is 2.35. The van der Waals surface area contributed by atoms with E-state index in [4.69, 9.17) is 11.5 Å². The van der Waals surface area contributed by atoms with Gasteiger partial charge in [0.25, 0.3) is 0 Å². The van der Waals surface area contributed by atoms with Gasteiger partial charge in [0.15, 0.2) is 5.82 Å². The number of anilines is 2. The lowest BCUT2D eigenvalue weighted by molar-refractivity contribution is 0.628. The minimum atomic E-state index is -0.665. The molecule has 0 spiro atoms. The molecule has 4 heteroatoms. The molecule has 0 aliphatic heterocycles. The summed E-state index contributed by atoms with van der Waals surface area (Å²) in [4.78, 5) is 0. The van der Waals surface area contributed by atoms with Crippen LogP contribution in [0.25, 0.3) is 11.1 Å². The number of benzene rings is 2. The van der Waals surface area contributed by atoms with Crippen LogP contribution in [0.15, 0.2) is 36.4 Å². The van der Waals surface area contributed by atoms with E-state index in [1.54, 1.807) is 18.2 Å². The topological polar surface area (TPSA) is 52.0 Å². The van der Waals surface area contributed by atoms with Crippen LogP contribution in [0, 0.1) is 11.6 Å². The highest BCUT2D eigenvalue weighted by atomic mass is 19.1. The Hall–Kier alpha value is -2.10. The van der Waals surface area contributed by atoms with E-state index in [9.17, 15) is 8.78 Å². The number of nitrogens with two attached hydrogens (primary N) is 2. The lowest BCUT2D eigenvalue weighted by Crippen LogP contribution is -1.99. The Balaban J connectivity index is 2.61. The predicted molar refractivity (Wildman–Crippen MR) is 60.6 cm³/mol. The first-order valence-corrected chi connectivity index (χ1v) is 4.69. The molecule has 82 valence electrons. The molecule has 2 aromatic carbocycles. The molecule has 0 bridgehead atoms. The van der Waals surface area contributed by atoms with Crippen LogP contribution < -0.4 is 11.5 Å². The Morgan fingerprint density at radius 1 is 0.938 bits per heavy atom. The van der Waals surface area contributed by atoms with Gasteiger partial charge in [0, 0.05) is 5.56 Å². The molecule has 0 saturated carbocycles. The molecule has 0 aromatic heterocycles. The molecule has 0 unspecified atom stereocenters. The van der Waals surface area contributed by atoms with Gasteiger partial charge in [-0.1, -0.05) is 18.2 Å². The van der Waals surface area contributed by atoms with E-state index in [1.807, 2.05) is 0 Å². The summed E-state index contributed by atoms with van der Waals surface area (Å²) >= 11 is 0. The Morgan fingerprint density at radius 3 is 2.38 bits per heavy atom. The molecular weight excluding hydrogens is 210 g/mol. The Morgan fingerprint density at radius 2 is 1.69 bits per heavy atom. The molecule has 2 nitrogen and oxygen atoms in total. The number of hydrogen-bond acceptors (Lipinski definition) is 2. The van der Waals surface area contributed by atoms with Crippen molar-refractivity contribution < 1.29 is 8.78 Å². The Kier molecular flexibility index (Phi) is 2.48. The first kappa shape index (κ1) is 10.4. The zero-order valence-electron chi connectivity index (χ0n) is 8.37. The second kappa shape index (κ2) is 3.81. The van der Waals surface area contributed by atoms with Crippen LogP contribution in [0.2, 0.25) is 0 Å². The van der Waals surface area contributed by atoms with Crippen LogP contribution in [0.4, 0.5) is 20.2 Å². The molecule has 16 heavy (non-hydrogen) atoms. The number of rotatable bonds is 1. The molecular formula is C12H10F2N2. The normalized spacial score (nSPS) is 10.4. The van der Waals surface area contributed by atoms with E-state index in [0.717, 1.165) is 0 Å². The number of nitrogen functional groups attached to an aromatic ring is 2. The SMILES string of the molecule is Nc1ccc(-c2cccc(F)c2)c(N)c1F. The van der Waals surface area contributed by atoms with E-state index in [2.05, 4.69) is 0 Å². The van der Waals surface area contributed by atoms with Crippen LogP contribution in [-0.4, -0.2) is 0 Å². The summed E-state index contributed by atoms with van der Waals surface area (Å²) in [6.45, 7) is 0. The highest BCUT2D eigenvalue weighted by molar-refractivity contribution is 5.79. The standard InChI is InChI=1S/C12H10F2N2/c13-8-3-1-2-7(6-8)9-4-5-10(15)11(14)12(9)16/h1-6H,15-16H2. The van der Waals surface area contributed by atoms with Crippen LogP contribution in [-0.2, 0) is 0 Å². The number of halogens is 2. The average molecular weight is 220 g/mol. The van der Waals surface area contributed by atoms with Crippen molar-refractivity contribution in [3.8, 4) is 11.1 Å². The van der Waals surface area contributed by atoms with Crippen LogP contribution in [0.5, 0.6) is 0 Å². The molecule has 4 N–H and O–H groups in total. The molecule has 0 atom stereocenters. The first-order chi connectivity index (χ1) is 7.59. The zero-order chi connectivity index (χ0) is 11.7. The summed E-state index contributed by atoms with van der Waals surface area (Å²) in [6, 6.07) is 8.78. The fraction of sp³-hybridized carbons (Fsp3) is 0. The highest BCUT2D eigenvalue weighted by Gasteiger charge is 2.10. The molecule has 0 heterocycles. The summed E-state index contributed by atoms with van der Waals surface area (Å²) in [5, 5.41) is 0. The molecule has 2 aromatic rings. The van der Waals surface area contributed by atoms with Crippen LogP contribution >= 0.6 is 0 Å². The van der Waals surface area contributed by atoms with Crippen molar-refractivity contribution in [2.75, 3.05) is 11.5 Å². The average Bonchev–Trinajstić information content (AvgIpc) is 2.26. The van der Waals surface area contributed by atoms with Gasteiger partial charge in [-0.3, -0.25) is 0 Å². The van der Waals surface area contributed by atoms with Crippen LogP contribution in [0.3, 0.4) is 0 Å². The lowest BCUT2D eigenvalue weighted by Gasteiger charge is -2.08. The van der Waals surface area contributed by atoms with Gasteiger partial charge in [0.05, 0.1) is 11.4 Å². The van der Waals surface area contributed by atoms with E-state index in [0.29, 0.717) is 11.1 Å². The van der Waals surface area contributed by atoms with Crippen molar-refractivity contribution in [2.24, 2.45) is 0 Å². The van der Waals surface area contributed by atoms with Gasteiger partial charge >= 0.3 is 0 Å². The van der Waals surface area contributed by atoms with Crippen molar-refractivity contribution in [3.05, 3.63) is 48.0 Å². The quantitative estimate of drug-likeness (QED) is 0.726. The monoisotopic (exact) mass is 220 g/mol. The predicted octanol–water partition coefficient (Wildman–Crippen LogP) is 2.80. The first-order valence-electron chi connectivity index (χ1n) is 4.69. The van der Waals surface area contributed by atoms with E-state index < -0.39 is 11.6 Å². The highest BCUT2D eigenvalue weighted by Crippen LogP contribution is 2.30. The van der Waals surface area contributed by atoms with Crippen molar-refractivity contribution in [2.45, 2.75) is 0 Å². The van der Waals surface area contributed by atoms with E-state index in [-0.39, 0.29) is 11.4 Å². The summed E-state index contributed by atoms with van der Waals surface area (Å²) in [6.07, 6.45) is 0. The minimum absolute atomic E-state index is 0.0161. The Labute approximate surface area is 91.5 Å². The molecule has 0 fully saturated rings. The smallest absolute Gasteiger partial charge is 0.169 e. The summed E-state index contributed by atoms with van der Waals surface area (Å²) in [5.74, 6) is -1.06. The second-order valence-electron chi connectivity index (χ2n) is 3.44. The second-order valence-corrected chi connectivity index (χ2v) is 3.44. The van der Waals surface area contributed by atoms with Crippen molar-refractivity contribution in [3.63, 3.8) is 0 Å². The molecule has 2 rings (SSSR count).